The monoisotopic (exact) mass is 296 g/mol. The third-order valence-electron chi connectivity index (χ3n) is 4.53. The minimum absolute atomic E-state index is 0.602. The lowest BCUT2D eigenvalue weighted by Crippen LogP contribution is -2.27. The first-order valence-corrected chi connectivity index (χ1v) is 7.77. The van der Waals surface area contributed by atoms with Crippen molar-refractivity contribution in [3.63, 3.8) is 0 Å². The molecule has 0 unspecified atom stereocenters. The average molecular weight is 296 g/mol. The molecule has 0 saturated carbocycles. The number of para-hydroxylation sites is 1. The molecule has 0 N–H and O–H groups in total. The number of rotatable bonds is 3. The molecular formula is C17H20N4O. The summed E-state index contributed by atoms with van der Waals surface area (Å²) in [5.41, 5.74) is 0. The maximum atomic E-state index is 5.80. The van der Waals surface area contributed by atoms with Crippen molar-refractivity contribution in [2.45, 2.75) is 0 Å². The summed E-state index contributed by atoms with van der Waals surface area (Å²) in [6.07, 6.45) is 1.78. The maximum absolute atomic E-state index is 5.80. The van der Waals surface area contributed by atoms with Crippen LogP contribution >= 0.6 is 0 Å². The molecular weight excluding hydrogens is 276 g/mol. The summed E-state index contributed by atoms with van der Waals surface area (Å²) in [5, 5.41) is 0. The Morgan fingerprint density at radius 1 is 1.00 bits per heavy atom. The molecule has 22 heavy (non-hydrogen) atoms. The predicted octanol–water partition coefficient (Wildman–Crippen LogP) is 2.27. The van der Waals surface area contributed by atoms with Crippen molar-refractivity contribution in [2.24, 2.45) is 11.8 Å². The number of benzene rings is 1. The van der Waals surface area contributed by atoms with Crippen LogP contribution in [-0.2, 0) is 0 Å². The van der Waals surface area contributed by atoms with E-state index in [0.29, 0.717) is 5.88 Å². The van der Waals surface area contributed by atoms with Crippen molar-refractivity contribution in [2.75, 3.05) is 38.1 Å². The minimum atomic E-state index is 0.602. The highest BCUT2D eigenvalue weighted by Gasteiger charge is 2.39. The van der Waals surface area contributed by atoms with Crippen molar-refractivity contribution in [1.29, 1.82) is 0 Å². The Labute approximate surface area is 130 Å². The molecule has 2 aliphatic rings. The van der Waals surface area contributed by atoms with Gasteiger partial charge in [-0.2, -0.15) is 4.98 Å². The number of hydrogen-bond acceptors (Lipinski definition) is 5. The third-order valence-corrected chi connectivity index (χ3v) is 4.53. The van der Waals surface area contributed by atoms with E-state index in [2.05, 4.69) is 26.8 Å². The Morgan fingerprint density at radius 3 is 2.45 bits per heavy atom. The van der Waals surface area contributed by atoms with E-state index in [4.69, 9.17) is 4.74 Å². The summed E-state index contributed by atoms with van der Waals surface area (Å²) in [7, 11) is 2.20. The van der Waals surface area contributed by atoms with Gasteiger partial charge in [0.2, 0.25) is 11.8 Å². The van der Waals surface area contributed by atoms with Crippen molar-refractivity contribution in [3.05, 3.63) is 42.6 Å². The van der Waals surface area contributed by atoms with E-state index < -0.39 is 0 Å². The maximum Gasteiger partial charge on any atom is 0.228 e. The van der Waals surface area contributed by atoms with E-state index in [1.54, 1.807) is 12.3 Å². The first kappa shape index (κ1) is 13.5. The van der Waals surface area contributed by atoms with Gasteiger partial charge in [-0.25, -0.2) is 4.98 Å². The van der Waals surface area contributed by atoms with Crippen molar-refractivity contribution in [1.82, 2.24) is 14.9 Å². The summed E-state index contributed by atoms with van der Waals surface area (Å²) < 4.78 is 5.80. The van der Waals surface area contributed by atoms with Crippen LogP contribution in [0.3, 0.4) is 0 Å². The summed E-state index contributed by atoms with van der Waals surface area (Å²) in [4.78, 5) is 13.7. The third kappa shape index (κ3) is 2.64. The van der Waals surface area contributed by atoms with E-state index in [0.717, 1.165) is 36.6 Å². The fourth-order valence-corrected chi connectivity index (χ4v) is 3.54. The fourth-order valence-electron chi connectivity index (χ4n) is 3.54. The smallest absolute Gasteiger partial charge is 0.228 e. The summed E-state index contributed by atoms with van der Waals surface area (Å²) in [5.74, 6) is 3.67. The second-order valence-corrected chi connectivity index (χ2v) is 6.26. The van der Waals surface area contributed by atoms with Crippen LogP contribution < -0.4 is 9.64 Å². The van der Waals surface area contributed by atoms with Crippen molar-refractivity contribution in [3.8, 4) is 11.6 Å². The Balaban J connectivity index is 1.48. The molecule has 2 aromatic rings. The number of fused-ring (bicyclic) bond motifs is 1. The normalized spacial score (nSPS) is 24.5. The van der Waals surface area contributed by atoms with Gasteiger partial charge in [0, 0.05) is 38.4 Å². The zero-order chi connectivity index (χ0) is 14.9. The van der Waals surface area contributed by atoms with Gasteiger partial charge in [0.25, 0.3) is 0 Å². The quantitative estimate of drug-likeness (QED) is 0.869. The molecule has 2 aliphatic heterocycles. The zero-order valence-corrected chi connectivity index (χ0v) is 12.7. The van der Waals surface area contributed by atoms with Crippen molar-refractivity contribution >= 4 is 5.95 Å². The highest BCUT2D eigenvalue weighted by atomic mass is 16.5. The van der Waals surface area contributed by atoms with Crippen LogP contribution in [0.1, 0.15) is 0 Å². The number of anilines is 1. The summed E-state index contributed by atoms with van der Waals surface area (Å²) in [6.45, 7) is 4.45. The number of nitrogens with zero attached hydrogens (tertiary/aromatic N) is 4. The molecule has 0 radical (unpaired) electrons. The van der Waals surface area contributed by atoms with E-state index in [1.807, 2.05) is 30.3 Å². The second-order valence-electron chi connectivity index (χ2n) is 6.26. The van der Waals surface area contributed by atoms with Gasteiger partial charge in [0.05, 0.1) is 0 Å². The molecule has 1 aromatic heterocycles. The Morgan fingerprint density at radius 2 is 1.73 bits per heavy atom. The Bertz CT molecular complexity index is 634. The van der Waals surface area contributed by atoms with Crippen LogP contribution in [0.25, 0.3) is 0 Å². The summed E-state index contributed by atoms with van der Waals surface area (Å²) in [6, 6.07) is 11.5. The topological polar surface area (TPSA) is 41.5 Å². The number of ether oxygens (including phenoxy) is 1. The highest BCUT2D eigenvalue weighted by Crippen LogP contribution is 2.32. The van der Waals surface area contributed by atoms with Gasteiger partial charge in [-0.3, -0.25) is 0 Å². The Kier molecular flexibility index (Phi) is 3.42. The molecule has 0 aliphatic carbocycles. The minimum Gasteiger partial charge on any atom is -0.439 e. The molecule has 0 amide bonds. The molecule has 2 fully saturated rings. The highest BCUT2D eigenvalue weighted by molar-refractivity contribution is 5.36. The molecule has 2 atom stereocenters. The van der Waals surface area contributed by atoms with Gasteiger partial charge in [-0.05, 0) is 31.0 Å². The largest absolute Gasteiger partial charge is 0.439 e. The first-order chi connectivity index (χ1) is 10.8. The van der Waals surface area contributed by atoms with E-state index in [-0.39, 0.29) is 0 Å². The first-order valence-electron chi connectivity index (χ1n) is 7.77. The molecule has 0 spiro atoms. The predicted molar refractivity (Wildman–Crippen MR) is 85.2 cm³/mol. The van der Waals surface area contributed by atoms with E-state index in [1.165, 1.54) is 13.1 Å². The lowest BCUT2D eigenvalue weighted by atomic mass is 10.0. The van der Waals surface area contributed by atoms with Crippen LogP contribution in [0.5, 0.6) is 11.6 Å². The SMILES string of the molecule is CN1C[C@@H]2CN(c3nccc(Oc4ccccc4)n3)C[C@@H]2C1. The van der Waals surface area contributed by atoms with Gasteiger partial charge in [0.15, 0.2) is 0 Å². The summed E-state index contributed by atoms with van der Waals surface area (Å²) >= 11 is 0. The molecule has 4 rings (SSSR count). The molecule has 0 bridgehead atoms. The molecule has 1 aromatic carbocycles. The van der Waals surface area contributed by atoms with Gasteiger partial charge in [-0.15, -0.1) is 0 Å². The van der Waals surface area contributed by atoms with Crippen LogP contribution in [0.2, 0.25) is 0 Å². The Hall–Kier alpha value is -2.14. The fraction of sp³-hybridized carbons (Fsp3) is 0.412. The number of aromatic nitrogens is 2. The van der Waals surface area contributed by atoms with Crippen LogP contribution in [0.15, 0.2) is 42.6 Å². The van der Waals surface area contributed by atoms with Crippen molar-refractivity contribution < 1.29 is 4.74 Å². The van der Waals surface area contributed by atoms with E-state index in [9.17, 15) is 0 Å². The molecule has 5 heteroatoms. The van der Waals surface area contributed by atoms with Crippen LogP contribution in [0.4, 0.5) is 5.95 Å². The standard InChI is InChI=1S/C17H20N4O/c1-20-9-13-11-21(12-14(13)10-20)17-18-8-7-16(19-17)22-15-5-3-2-4-6-15/h2-8,13-14H,9-12H2,1H3/t13-,14+. The van der Waals surface area contributed by atoms with Gasteiger partial charge in [-0.1, -0.05) is 18.2 Å². The van der Waals surface area contributed by atoms with Gasteiger partial charge >= 0.3 is 0 Å². The zero-order valence-electron chi connectivity index (χ0n) is 12.7. The average Bonchev–Trinajstić information content (AvgIpc) is 3.06. The lowest BCUT2D eigenvalue weighted by Gasteiger charge is -2.19. The van der Waals surface area contributed by atoms with Crippen LogP contribution in [-0.4, -0.2) is 48.1 Å². The lowest BCUT2D eigenvalue weighted by molar-refractivity contribution is 0.386. The van der Waals surface area contributed by atoms with Gasteiger partial charge < -0.3 is 14.5 Å². The number of likely N-dealkylation sites (tertiary alicyclic amines) is 1. The van der Waals surface area contributed by atoms with Crippen LogP contribution in [0, 0.1) is 11.8 Å². The molecule has 2 saturated heterocycles. The molecule has 5 nitrogen and oxygen atoms in total. The molecule has 114 valence electrons. The van der Waals surface area contributed by atoms with E-state index >= 15 is 0 Å². The second kappa shape index (κ2) is 5.57. The van der Waals surface area contributed by atoms with Gasteiger partial charge in [0.1, 0.15) is 5.75 Å². The number of hydrogen-bond donors (Lipinski definition) is 0. The molecule has 3 heterocycles.